The average Bonchev–Trinajstić information content (AvgIpc) is 2.48. The van der Waals surface area contributed by atoms with Crippen LogP contribution in [0.25, 0.3) is 0 Å². The van der Waals surface area contributed by atoms with Gasteiger partial charge in [-0.05, 0) is 30.5 Å². The summed E-state index contributed by atoms with van der Waals surface area (Å²) in [4.78, 5) is 25.4. The number of hydrogen-bond donors (Lipinski definition) is 1. The predicted octanol–water partition coefficient (Wildman–Crippen LogP) is 2.01. The van der Waals surface area contributed by atoms with E-state index in [0.717, 1.165) is 22.9 Å². The molecule has 0 atom stereocenters. The molecule has 1 saturated heterocycles. The lowest BCUT2D eigenvalue weighted by molar-refractivity contribution is -0.131. The van der Waals surface area contributed by atoms with Crippen LogP contribution >= 0.6 is 15.9 Å². The van der Waals surface area contributed by atoms with Gasteiger partial charge in [0.15, 0.2) is 0 Å². The fourth-order valence-electron chi connectivity index (χ4n) is 2.56. The van der Waals surface area contributed by atoms with Crippen LogP contribution in [0.2, 0.25) is 0 Å². The normalized spacial score (nSPS) is 15.2. The Hall–Kier alpha value is -1.87. The molecule has 0 aliphatic carbocycles. The quantitative estimate of drug-likeness (QED) is 0.888. The maximum absolute atomic E-state index is 12.1. The largest absolute Gasteiger partial charge is 0.353 e. The molecule has 0 radical (unpaired) electrons. The molecule has 1 aromatic carbocycles. The third kappa shape index (κ3) is 4.85. The number of benzene rings is 1. The highest BCUT2D eigenvalue weighted by molar-refractivity contribution is 9.10. The molecule has 6 heteroatoms. The van der Waals surface area contributed by atoms with Gasteiger partial charge in [-0.15, -0.1) is 0 Å². The van der Waals surface area contributed by atoms with Crippen LogP contribution in [0.4, 0.5) is 0 Å². The molecule has 0 saturated carbocycles. The zero-order valence-corrected chi connectivity index (χ0v) is 13.8. The molecular formula is C16H18BrN3O2. The van der Waals surface area contributed by atoms with Gasteiger partial charge in [0.05, 0.1) is 12.5 Å². The van der Waals surface area contributed by atoms with Crippen LogP contribution in [0.5, 0.6) is 0 Å². The SMILES string of the molecule is N#CCC(=O)N1CCC(NC(=O)Cc2cccc(Br)c2)CC1. The second-order valence-corrected chi connectivity index (χ2v) is 6.28. The lowest BCUT2D eigenvalue weighted by Gasteiger charge is -2.32. The minimum Gasteiger partial charge on any atom is -0.353 e. The first-order chi connectivity index (χ1) is 10.6. The van der Waals surface area contributed by atoms with Crippen molar-refractivity contribution in [2.75, 3.05) is 13.1 Å². The van der Waals surface area contributed by atoms with Gasteiger partial charge in [-0.25, -0.2) is 0 Å². The van der Waals surface area contributed by atoms with Gasteiger partial charge in [-0.1, -0.05) is 28.1 Å². The van der Waals surface area contributed by atoms with Crippen molar-refractivity contribution in [2.45, 2.75) is 31.7 Å². The standard InChI is InChI=1S/C16H18BrN3O2/c17-13-3-1-2-12(10-13)11-15(21)19-14-5-8-20(9-6-14)16(22)4-7-18/h1-3,10,14H,4-6,8-9,11H2,(H,19,21). The number of nitrogens with one attached hydrogen (secondary N) is 1. The van der Waals surface area contributed by atoms with E-state index in [4.69, 9.17) is 5.26 Å². The summed E-state index contributed by atoms with van der Waals surface area (Å²) in [6, 6.07) is 9.67. The molecule has 1 fully saturated rings. The first-order valence-corrected chi connectivity index (χ1v) is 8.06. The van der Waals surface area contributed by atoms with Gasteiger partial charge in [-0.2, -0.15) is 5.26 Å². The molecule has 1 aromatic rings. The number of carbonyl (C=O) groups is 2. The summed E-state index contributed by atoms with van der Waals surface area (Å²) < 4.78 is 0.960. The summed E-state index contributed by atoms with van der Waals surface area (Å²) in [5.74, 6) is -0.124. The van der Waals surface area contributed by atoms with E-state index in [1.165, 1.54) is 0 Å². The summed E-state index contributed by atoms with van der Waals surface area (Å²) in [6.45, 7) is 1.20. The molecule has 116 valence electrons. The zero-order chi connectivity index (χ0) is 15.9. The highest BCUT2D eigenvalue weighted by Crippen LogP contribution is 2.14. The van der Waals surface area contributed by atoms with Gasteiger partial charge in [0.1, 0.15) is 6.42 Å². The van der Waals surface area contributed by atoms with E-state index in [1.807, 2.05) is 30.3 Å². The van der Waals surface area contributed by atoms with Crippen molar-refractivity contribution in [3.05, 3.63) is 34.3 Å². The van der Waals surface area contributed by atoms with E-state index in [1.54, 1.807) is 4.90 Å². The number of nitrogens with zero attached hydrogens (tertiary/aromatic N) is 2. The number of likely N-dealkylation sites (tertiary alicyclic amines) is 1. The molecule has 22 heavy (non-hydrogen) atoms. The lowest BCUT2D eigenvalue weighted by Crippen LogP contribution is -2.46. The number of halogens is 1. The Balaban J connectivity index is 1.77. The number of nitriles is 1. The van der Waals surface area contributed by atoms with Crippen molar-refractivity contribution in [3.8, 4) is 6.07 Å². The fraction of sp³-hybridized carbons (Fsp3) is 0.438. The molecule has 0 spiro atoms. The highest BCUT2D eigenvalue weighted by Gasteiger charge is 2.23. The zero-order valence-electron chi connectivity index (χ0n) is 12.2. The van der Waals surface area contributed by atoms with E-state index in [0.29, 0.717) is 19.5 Å². The monoisotopic (exact) mass is 363 g/mol. The molecule has 5 nitrogen and oxygen atoms in total. The molecule has 0 aromatic heterocycles. The lowest BCUT2D eigenvalue weighted by atomic mass is 10.0. The summed E-state index contributed by atoms with van der Waals surface area (Å²) in [6.07, 6.45) is 1.76. The predicted molar refractivity (Wildman–Crippen MR) is 85.8 cm³/mol. The molecule has 1 heterocycles. The van der Waals surface area contributed by atoms with Crippen LogP contribution in [-0.4, -0.2) is 35.8 Å². The smallest absolute Gasteiger partial charge is 0.236 e. The molecule has 1 aliphatic heterocycles. The van der Waals surface area contributed by atoms with Gasteiger partial charge < -0.3 is 10.2 Å². The Morgan fingerprint density at radius 1 is 1.36 bits per heavy atom. The first kappa shape index (κ1) is 16.5. The highest BCUT2D eigenvalue weighted by atomic mass is 79.9. The third-order valence-electron chi connectivity index (χ3n) is 3.70. The number of rotatable bonds is 4. The summed E-state index contributed by atoms with van der Waals surface area (Å²) in [5.41, 5.74) is 0.966. The van der Waals surface area contributed by atoms with Crippen LogP contribution in [0, 0.1) is 11.3 Å². The Morgan fingerprint density at radius 2 is 2.09 bits per heavy atom. The van der Waals surface area contributed by atoms with E-state index < -0.39 is 0 Å². The van der Waals surface area contributed by atoms with Crippen molar-refractivity contribution >= 4 is 27.7 Å². The number of hydrogen-bond acceptors (Lipinski definition) is 3. The van der Waals surface area contributed by atoms with Crippen molar-refractivity contribution in [2.24, 2.45) is 0 Å². The minimum atomic E-state index is -0.124. The topological polar surface area (TPSA) is 73.2 Å². The van der Waals surface area contributed by atoms with Gasteiger partial charge in [0, 0.05) is 23.6 Å². The molecule has 0 unspecified atom stereocenters. The van der Waals surface area contributed by atoms with Crippen molar-refractivity contribution in [1.82, 2.24) is 10.2 Å². The van der Waals surface area contributed by atoms with E-state index in [2.05, 4.69) is 21.2 Å². The van der Waals surface area contributed by atoms with Gasteiger partial charge in [0.25, 0.3) is 0 Å². The Morgan fingerprint density at radius 3 is 2.73 bits per heavy atom. The van der Waals surface area contributed by atoms with E-state index >= 15 is 0 Å². The minimum absolute atomic E-state index is 0.0000913. The molecule has 0 bridgehead atoms. The van der Waals surface area contributed by atoms with Crippen LogP contribution in [0.15, 0.2) is 28.7 Å². The van der Waals surface area contributed by atoms with Crippen molar-refractivity contribution in [1.29, 1.82) is 5.26 Å². The summed E-state index contributed by atoms with van der Waals surface area (Å²) >= 11 is 3.39. The summed E-state index contributed by atoms with van der Waals surface area (Å²) in [7, 11) is 0. The second kappa shape index (κ2) is 7.95. The average molecular weight is 364 g/mol. The van der Waals surface area contributed by atoms with Crippen molar-refractivity contribution in [3.63, 3.8) is 0 Å². The second-order valence-electron chi connectivity index (χ2n) is 5.36. The van der Waals surface area contributed by atoms with Crippen LogP contribution in [0.1, 0.15) is 24.8 Å². The van der Waals surface area contributed by atoms with Crippen LogP contribution < -0.4 is 5.32 Å². The van der Waals surface area contributed by atoms with E-state index in [9.17, 15) is 9.59 Å². The number of amides is 2. The molecule has 1 N–H and O–H groups in total. The maximum atomic E-state index is 12.1. The molecule has 2 amide bonds. The number of carbonyl (C=O) groups excluding carboxylic acids is 2. The molecule has 1 aliphatic rings. The molecular weight excluding hydrogens is 346 g/mol. The van der Waals surface area contributed by atoms with Crippen LogP contribution in [-0.2, 0) is 16.0 Å². The summed E-state index contributed by atoms with van der Waals surface area (Å²) in [5, 5.41) is 11.6. The fourth-order valence-corrected chi connectivity index (χ4v) is 3.01. The van der Waals surface area contributed by atoms with Gasteiger partial charge in [-0.3, -0.25) is 9.59 Å². The Kier molecular flexibility index (Phi) is 5.96. The van der Waals surface area contributed by atoms with E-state index in [-0.39, 0.29) is 24.3 Å². The Bertz CT molecular complexity index is 589. The van der Waals surface area contributed by atoms with Crippen LogP contribution in [0.3, 0.4) is 0 Å². The maximum Gasteiger partial charge on any atom is 0.236 e. The number of piperidine rings is 1. The van der Waals surface area contributed by atoms with Gasteiger partial charge in [0.2, 0.25) is 11.8 Å². The Labute approximate surface area is 138 Å². The van der Waals surface area contributed by atoms with Crippen molar-refractivity contribution < 1.29 is 9.59 Å². The molecule has 2 rings (SSSR count). The third-order valence-corrected chi connectivity index (χ3v) is 4.19. The first-order valence-electron chi connectivity index (χ1n) is 7.27. The van der Waals surface area contributed by atoms with Gasteiger partial charge >= 0.3 is 0 Å².